The normalized spacial score (nSPS) is 28.3. The summed E-state index contributed by atoms with van der Waals surface area (Å²) in [6.45, 7) is 3.36. The van der Waals surface area contributed by atoms with Gasteiger partial charge in [0.15, 0.2) is 0 Å². The highest BCUT2D eigenvalue weighted by molar-refractivity contribution is 5.77. The van der Waals surface area contributed by atoms with E-state index in [-0.39, 0.29) is 5.91 Å². The maximum absolute atomic E-state index is 12.0. The van der Waals surface area contributed by atoms with Crippen LogP contribution in [0.1, 0.15) is 64.7 Å². The first-order valence-electron chi connectivity index (χ1n) is 8.69. The van der Waals surface area contributed by atoms with Gasteiger partial charge in [-0.25, -0.2) is 0 Å². The first kappa shape index (κ1) is 15.8. The first-order chi connectivity index (χ1) is 9.72. The van der Waals surface area contributed by atoms with Gasteiger partial charge < -0.3 is 10.2 Å². The second-order valence-electron chi connectivity index (χ2n) is 6.74. The molecule has 2 rings (SSSR count). The predicted molar refractivity (Wildman–Crippen MR) is 83.6 cm³/mol. The fourth-order valence-electron chi connectivity index (χ4n) is 4.07. The molecule has 3 heteroatoms. The predicted octanol–water partition coefficient (Wildman–Crippen LogP) is 3.19. The van der Waals surface area contributed by atoms with Crippen molar-refractivity contribution < 1.29 is 4.79 Å². The summed E-state index contributed by atoms with van der Waals surface area (Å²) in [5.74, 6) is 1.98. The van der Waals surface area contributed by atoms with Crippen molar-refractivity contribution in [3.63, 3.8) is 0 Å². The average Bonchev–Trinajstić information content (AvgIpc) is 2.53. The van der Waals surface area contributed by atoms with Crippen LogP contribution in [0.2, 0.25) is 0 Å². The summed E-state index contributed by atoms with van der Waals surface area (Å²) in [4.78, 5) is 13.8. The monoisotopic (exact) mass is 280 g/mol. The highest BCUT2D eigenvalue weighted by atomic mass is 16.2. The van der Waals surface area contributed by atoms with E-state index in [1.54, 1.807) is 0 Å². The van der Waals surface area contributed by atoms with Gasteiger partial charge in [0.25, 0.3) is 0 Å². The van der Waals surface area contributed by atoms with Crippen molar-refractivity contribution in [1.29, 1.82) is 0 Å². The fraction of sp³-hybridized carbons (Fsp3) is 0.941. The van der Waals surface area contributed by atoms with Gasteiger partial charge in [-0.3, -0.25) is 4.79 Å². The van der Waals surface area contributed by atoms with Crippen LogP contribution in [0, 0.1) is 11.8 Å². The Morgan fingerprint density at radius 1 is 1.05 bits per heavy atom. The molecule has 1 N–H and O–H groups in total. The molecule has 0 bridgehead atoms. The molecule has 2 saturated carbocycles. The van der Waals surface area contributed by atoms with E-state index in [1.165, 1.54) is 57.8 Å². The van der Waals surface area contributed by atoms with Gasteiger partial charge in [-0.05, 0) is 31.6 Å². The zero-order valence-corrected chi connectivity index (χ0v) is 13.4. The molecule has 0 aromatic heterocycles. The van der Waals surface area contributed by atoms with Crippen LogP contribution in [0.5, 0.6) is 0 Å². The molecular weight excluding hydrogens is 248 g/mol. The third kappa shape index (κ3) is 4.21. The van der Waals surface area contributed by atoms with Crippen molar-refractivity contribution in [2.75, 3.05) is 20.1 Å². The molecule has 2 atom stereocenters. The van der Waals surface area contributed by atoms with E-state index in [1.807, 2.05) is 18.9 Å². The van der Waals surface area contributed by atoms with Crippen LogP contribution >= 0.6 is 0 Å². The minimum Gasteiger partial charge on any atom is -0.345 e. The molecule has 2 aliphatic carbocycles. The quantitative estimate of drug-likeness (QED) is 0.839. The fourth-order valence-corrected chi connectivity index (χ4v) is 4.07. The zero-order valence-electron chi connectivity index (χ0n) is 13.4. The van der Waals surface area contributed by atoms with Gasteiger partial charge in [0.1, 0.15) is 0 Å². The van der Waals surface area contributed by atoms with E-state index in [9.17, 15) is 4.79 Å². The summed E-state index contributed by atoms with van der Waals surface area (Å²) in [7, 11) is 1.89. The number of likely N-dealkylation sites (N-methyl/N-ethyl adjacent to an activating group) is 1. The minimum atomic E-state index is 0.237. The molecule has 0 aromatic carbocycles. The Morgan fingerprint density at radius 2 is 1.70 bits per heavy atom. The Bertz CT molecular complexity index is 299. The molecule has 0 aromatic rings. The van der Waals surface area contributed by atoms with Crippen molar-refractivity contribution in [3.05, 3.63) is 0 Å². The Labute approximate surface area is 124 Å². The van der Waals surface area contributed by atoms with Gasteiger partial charge in [0.05, 0.1) is 6.54 Å². The van der Waals surface area contributed by atoms with Crippen LogP contribution < -0.4 is 5.32 Å². The molecule has 2 fully saturated rings. The van der Waals surface area contributed by atoms with Crippen LogP contribution in [-0.2, 0) is 4.79 Å². The number of hydrogen-bond acceptors (Lipinski definition) is 2. The van der Waals surface area contributed by atoms with Crippen LogP contribution in [-0.4, -0.2) is 37.0 Å². The molecule has 0 spiro atoms. The number of hydrogen-bond donors (Lipinski definition) is 1. The van der Waals surface area contributed by atoms with E-state index >= 15 is 0 Å². The number of nitrogens with one attached hydrogen (secondary N) is 1. The summed E-state index contributed by atoms with van der Waals surface area (Å²) >= 11 is 0. The summed E-state index contributed by atoms with van der Waals surface area (Å²) in [5.41, 5.74) is 0. The van der Waals surface area contributed by atoms with Gasteiger partial charge in [-0.1, -0.05) is 44.9 Å². The largest absolute Gasteiger partial charge is 0.345 e. The van der Waals surface area contributed by atoms with Gasteiger partial charge in [0.2, 0.25) is 5.91 Å². The molecule has 1 amide bonds. The van der Waals surface area contributed by atoms with Crippen LogP contribution in [0.4, 0.5) is 0 Å². The van der Waals surface area contributed by atoms with Crippen molar-refractivity contribution in [1.82, 2.24) is 10.2 Å². The second kappa shape index (κ2) is 8.02. The van der Waals surface area contributed by atoms with E-state index in [2.05, 4.69) is 5.32 Å². The van der Waals surface area contributed by atoms with E-state index in [4.69, 9.17) is 0 Å². The molecule has 2 aliphatic rings. The molecular formula is C17H32N2O. The van der Waals surface area contributed by atoms with E-state index in [0.29, 0.717) is 12.6 Å². The molecule has 0 heterocycles. The number of rotatable bonds is 5. The lowest BCUT2D eigenvalue weighted by molar-refractivity contribution is -0.129. The Balaban J connectivity index is 1.85. The molecule has 2 unspecified atom stereocenters. The molecule has 0 saturated heterocycles. The summed E-state index contributed by atoms with van der Waals surface area (Å²) < 4.78 is 0. The SMILES string of the molecule is CCN(C)C(=O)CNC1CCCCC1C1CCCCC1. The lowest BCUT2D eigenvalue weighted by atomic mass is 9.71. The van der Waals surface area contributed by atoms with E-state index < -0.39 is 0 Å². The molecule has 116 valence electrons. The maximum Gasteiger partial charge on any atom is 0.236 e. The molecule has 3 nitrogen and oxygen atoms in total. The van der Waals surface area contributed by atoms with Crippen molar-refractivity contribution in [2.24, 2.45) is 11.8 Å². The smallest absolute Gasteiger partial charge is 0.236 e. The number of carbonyl (C=O) groups is 1. The Kier molecular flexibility index (Phi) is 6.34. The van der Waals surface area contributed by atoms with Crippen molar-refractivity contribution in [2.45, 2.75) is 70.8 Å². The summed E-state index contributed by atoms with van der Waals surface area (Å²) in [6.07, 6.45) is 12.5. The third-order valence-electron chi connectivity index (χ3n) is 5.49. The van der Waals surface area contributed by atoms with Gasteiger partial charge in [-0.2, -0.15) is 0 Å². The highest BCUT2D eigenvalue weighted by Crippen LogP contribution is 2.38. The number of nitrogens with zero attached hydrogens (tertiary/aromatic N) is 1. The lowest BCUT2D eigenvalue weighted by Crippen LogP contribution is -2.46. The Hall–Kier alpha value is -0.570. The third-order valence-corrected chi connectivity index (χ3v) is 5.49. The van der Waals surface area contributed by atoms with Crippen LogP contribution in [0.15, 0.2) is 0 Å². The van der Waals surface area contributed by atoms with Gasteiger partial charge in [0, 0.05) is 19.6 Å². The molecule has 0 aliphatic heterocycles. The maximum atomic E-state index is 12.0. The number of amides is 1. The highest BCUT2D eigenvalue weighted by Gasteiger charge is 2.32. The lowest BCUT2D eigenvalue weighted by Gasteiger charge is -2.39. The zero-order chi connectivity index (χ0) is 14.4. The van der Waals surface area contributed by atoms with Crippen LogP contribution in [0.25, 0.3) is 0 Å². The second-order valence-corrected chi connectivity index (χ2v) is 6.74. The Morgan fingerprint density at radius 3 is 2.40 bits per heavy atom. The van der Waals surface area contributed by atoms with Crippen molar-refractivity contribution >= 4 is 5.91 Å². The van der Waals surface area contributed by atoms with Gasteiger partial charge in [-0.15, -0.1) is 0 Å². The standard InChI is InChI=1S/C17H32N2O/c1-3-19(2)17(20)13-18-16-12-8-7-11-15(16)14-9-5-4-6-10-14/h14-16,18H,3-13H2,1-2H3. The number of carbonyl (C=O) groups excluding carboxylic acids is 1. The summed E-state index contributed by atoms with van der Waals surface area (Å²) in [6, 6.07) is 0.584. The van der Waals surface area contributed by atoms with Crippen molar-refractivity contribution in [3.8, 4) is 0 Å². The first-order valence-corrected chi connectivity index (χ1v) is 8.69. The minimum absolute atomic E-state index is 0.237. The molecule has 0 radical (unpaired) electrons. The topological polar surface area (TPSA) is 32.3 Å². The summed E-state index contributed by atoms with van der Waals surface area (Å²) in [5, 5.41) is 3.59. The molecule has 20 heavy (non-hydrogen) atoms. The van der Waals surface area contributed by atoms with E-state index in [0.717, 1.165) is 18.4 Å². The average molecular weight is 280 g/mol. The van der Waals surface area contributed by atoms with Gasteiger partial charge >= 0.3 is 0 Å². The van der Waals surface area contributed by atoms with Crippen LogP contribution in [0.3, 0.4) is 0 Å².